The zero-order valence-electron chi connectivity index (χ0n) is 16.6. The zero-order valence-corrected chi connectivity index (χ0v) is 16.6. The van der Waals surface area contributed by atoms with E-state index in [0.29, 0.717) is 47.8 Å². The molecule has 28 heavy (non-hydrogen) atoms. The van der Waals surface area contributed by atoms with Gasteiger partial charge in [0.1, 0.15) is 11.4 Å². The average molecular weight is 383 g/mol. The van der Waals surface area contributed by atoms with Crippen LogP contribution in [0.4, 0.5) is 0 Å². The van der Waals surface area contributed by atoms with Crippen LogP contribution in [0.15, 0.2) is 36.4 Å². The summed E-state index contributed by atoms with van der Waals surface area (Å²) in [5.74, 6) is 1.62. The minimum atomic E-state index is -0.521. The second-order valence-corrected chi connectivity index (χ2v) is 7.37. The van der Waals surface area contributed by atoms with E-state index in [-0.39, 0.29) is 11.7 Å². The highest BCUT2D eigenvalue weighted by Gasteiger charge is 2.32. The van der Waals surface area contributed by atoms with Crippen LogP contribution in [0.3, 0.4) is 0 Å². The van der Waals surface area contributed by atoms with Crippen LogP contribution < -0.4 is 19.5 Å². The molecular formula is C22H25NO5. The Bertz CT molecular complexity index is 904. The van der Waals surface area contributed by atoms with E-state index < -0.39 is 5.60 Å². The first-order valence-corrected chi connectivity index (χ1v) is 9.18. The molecule has 1 N–H and O–H groups in total. The first-order chi connectivity index (χ1) is 13.3. The molecule has 6 nitrogen and oxygen atoms in total. The number of fused-ring (bicyclic) bond motifs is 1. The van der Waals surface area contributed by atoms with Crippen LogP contribution in [0.25, 0.3) is 0 Å². The Morgan fingerprint density at radius 3 is 2.57 bits per heavy atom. The van der Waals surface area contributed by atoms with Crippen LogP contribution in [0.2, 0.25) is 0 Å². The van der Waals surface area contributed by atoms with E-state index >= 15 is 0 Å². The van der Waals surface area contributed by atoms with Gasteiger partial charge in [-0.05, 0) is 56.2 Å². The predicted octanol–water partition coefficient (Wildman–Crippen LogP) is 3.42. The number of hydrogen-bond acceptors (Lipinski definition) is 5. The maximum atomic E-state index is 12.5. The van der Waals surface area contributed by atoms with Gasteiger partial charge in [-0.3, -0.25) is 9.59 Å². The van der Waals surface area contributed by atoms with Crippen molar-refractivity contribution in [3.8, 4) is 17.2 Å². The van der Waals surface area contributed by atoms with E-state index in [0.717, 1.165) is 5.56 Å². The van der Waals surface area contributed by atoms with Gasteiger partial charge in [-0.25, -0.2) is 0 Å². The molecule has 2 aromatic rings. The maximum absolute atomic E-state index is 12.5. The number of ether oxygens (including phenoxy) is 3. The molecule has 0 bridgehead atoms. The number of carbonyl (C=O) groups excluding carboxylic acids is 2. The number of ketones is 1. The van der Waals surface area contributed by atoms with Crippen molar-refractivity contribution in [2.45, 2.75) is 32.3 Å². The molecule has 0 saturated heterocycles. The Morgan fingerprint density at radius 2 is 1.86 bits per heavy atom. The molecule has 1 aliphatic rings. The number of carbonyl (C=O) groups is 2. The lowest BCUT2D eigenvalue weighted by Crippen LogP contribution is -2.36. The Labute approximate surface area is 164 Å². The summed E-state index contributed by atoms with van der Waals surface area (Å²) in [6.45, 7) is 4.22. The van der Waals surface area contributed by atoms with Gasteiger partial charge in [-0.15, -0.1) is 0 Å². The summed E-state index contributed by atoms with van der Waals surface area (Å²) < 4.78 is 16.4. The summed E-state index contributed by atoms with van der Waals surface area (Å²) in [5.41, 5.74) is 1.41. The fourth-order valence-electron chi connectivity index (χ4n) is 3.25. The molecule has 0 fully saturated rings. The second kappa shape index (κ2) is 7.92. The summed E-state index contributed by atoms with van der Waals surface area (Å²) in [5, 5.41) is 2.89. The number of hydrogen-bond donors (Lipinski definition) is 1. The Kier molecular flexibility index (Phi) is 5.58. The van der Waals surface area contributed by atoms with Crippen LogP contribution in [0, 0.1) is 0 Å². The van der Waals surface area contributed by atoms with Gasteiger partial charge < -0.3 is 19.5 Å². The molecule has 2 aromatic carbocycles. The molecule has 6 heteroatoms. The predicted molar refractivity (Wildman–Crippen MR) is 106 cm³/mol. The molecular weight excluding hydrogens is 358 g/mol. The SMILES string of the molecule is COc1ccc(CCNC(=O)c2ccc3c(c2)C(=O)CC(C)(C)O3)cc1OC. The van der Waals surface area contributed by atoms with E-state index in [1.807, 2.05) is 32.0 Å². The van der Waals surface area contributed by atoms with Gasteiger partial charge in [0.05, 0.1) is 26.2 Å². The van der Waals surface area contributed by atoms with Crippen LogP contribution >= 0.6 is 0 Å². The third-order valence-corrected chi connectivity index (χ3v) is 4.66. The number of methoxy groups -OCH3 is 2. The summed E-state index contributed by atoms with van der Waals surface area (Å²) in [6.07, 6.45) is 0.942. The third kappa shape index (κ3) is 4.27. The van der Waals surface area contributed by atoms with Crippen molar-refractivity contribution < 1.29 is 23.8 Å². The van der Waals surface area contributed by atoms with E-state index in [4.69, 9.17) is 14.2 Å². The average Bonchev–Trinajstić information content (AvgIpc) is 2.66. The minimum Gasteiger partial charge on any atom is -0.493 e. The molecule has 1 amide bonds. The number of rotatable bonds is 6. The molecule has 148 valence electrons. The lowest BCUT2D eigenvalue weighted by atomic mass is 9.92. The van der Waals surface area contributed by atoms with Crippen molar-refractivity contribution in [2.75, 3.05) is 20.8 Å². The van der Waals surface area contributed by atoms with Crippen molar-refractivity contribution in [1.82, 2.24) is 5.32 Å². The Hall–Kier alpha value is -3.02. The topological polar surface area (TPSA) is 73.9 Å². The quantitative estimate of drug-likeness (QED) is 0.827. The molecule has 1 heterocycles. The molecule has 1 aliphatic heterocycles. The third-order valence-electron chi connectivity index (χ3n) is 4.66. The maximum Gasteiger partial charge on any atom is 0.251 e. The van der Waals surface area contributed by atoms with Gasteiger partial charge in [-0.1, -0.05) is 6.07 Å². The van der Waals surface area contributed by atoms with Crippen LogP contribution in [-0.4, -0.2) is 38.1 Å². The first-order valence-electron chi connectivity index (χ1n) is 9.18. The fraction of sp³-hybridized carbons (Fsp3) is 0.364. The normalized spacial score (nSPS) is 14.6. The smallest absolute Gasteiger partial charge is 0.251 e. The second-order valence-electron chi connectivity index (χ2n) is 7.37. The van der Waals surface area contributed by atoms with Crippen molar-refractivity contribution in [3.05, 3.63) is 53.1 Å². The molecule has 0 atom stereocenters. The van der Waals surface area contributed by atoms with E-state index in [1.54, 1.807) is 32.4 Å². The minimum absolute atomic E-state index is 0.00812. The largest absolute Gasteiger partial charge is 0.493 e. The van der Waals surface area contributed by atoms with Crippen LogP contribution in [-0.2, 0) is 6.42 Å². The molecule has 0 aliphatic carbocycles. The highest BCUT2D eigenvalue weighted by molar-refractivity contribution is 6.03. The van der Waals surface area contributed by atoms with Crippen molar-refractivity contribution in [1.29, 1.82) is 0 Å². The Balaban J connectivity index is 1.63. The van der Waals surface area contributed by atoms with Gasteiger partial charge in [0, 0.05) is 12.1 Å². The number of nitrogens with one attached hydrogen (secondary N) is 1. The van der Waals surface area contributed by atoms with Gasteiger partial charge in [0.15, 0.2) is 17.3 Å². The van der Waals surface area contributed by atoms with E-state index in [1.165, 1.54) is 0 Å². The molecule has 0 saturated carbocycles. The molecule has 0 unspecified atom stereocenters. The number of benzene rings is 2. The highest BCUT2D eigenvalue weighted by atomic mass is 16.5. The van der Waals surface area contributed by atoms with Crippen LogP contribution in [0.1, 0.15) is 46.5 Å². The van der Waals surface area contributed by atoms with Gasteiger partial charge in [0.25, 0.3) is 5.91 Å². The van der Waals surface area contributed by atoms with E-state index in [2.05, 4.69) is 5.32 Å². The van der Waals surface area contributed by atoms with Crippen molar-refractivity contribution in [2.24, 2.45) is 0 Å². The molecule has 0 radical (unpaired) electrons. The van der Waals surface area contributed by atoms with Gasteiger partial charge >= 0.3 is 0 Å². The zero-order chi connectivity index (χ0) is 20.3. The summed E-state index contributed by atoms with van der Waals surface area (Å²) in [4.78, 5) is 24.8. The number of Topliss-reactive ketones (excluding diaryl/α,β-unsaturated/α-hetero) is 1. The van der Waals surface area contributed by atoms with Gasteiger partial charge in [-0.2, -0.15) is 0 Å². The van der Waals surface area contributed by atoms with Gasteiger partial charge in [0.2, 0.25) is 0 Å². The first kappa shape index (κ1) is 19.7. The summed E-state index contributed by atoms with van der Waals surface area (Å²) >= 11 is 0. The molecule has 3 rings (SSSR count). The summed E-state index contributed by atoms with van der Waals surface area (Å²) in [6, 6.07) is 10.6. The van der Waals surface area contributed by atoms with E-state index in [9.17, 15) is 9.59 Å². The Morgan fingerprint density at radius 1 is 1.11 bits per heavy atom. The van der Waals surface area contributed by atoms with Crippen molar-refractivity contribution >= 4 is 11.7 Å². The monoisotopic (exact) mass is 383 g/mol. The fourth-order valence-corrected chi connectivity index (χ4v) is 3.25. The lowest BCUT2D eigenvalue weighted by molar-refractivity contribution is 0.0620. The molecule has 0 spiro atoms. The van der Waals surface area contributed by atoms with Crippen LogP contribution in [0.5, 0.6) is 17.2 Å². The summed E-state index contributed by atoms with van der Waals surface area (Å²) in [7, 11) is 3.18. The number of amides is 1. The lowest BCUT2D eigenvalue weighted by Gasteiger charge is -2.31. The molecule has 0 aromatic heterocycles. The standard InChI is InChI=1S/C22H25NO5/c1-22(2)13-17(24)16-12-15(6-8-18(16)28-22)21(25)23-10-9-14-5-7-19(26-3)20(11-14)27-4/h5-8,11-12H,9-10,13H2,1-4H3,(H,23,25). The van der Waals surface area contributed by atoms with Crippen molar-refractivity contribution in [3.63, 3.8) is 0 Å². The highest BCUT2D eigenvalue weighted by Crippen LogP contribution is 2.33.